The summed E-state index contributed by atoms with van der Waals surface area (Å²) in [5.74, 6) is -1.14. The lowest BCUT2D eigenvalue weighted by molar-refractivity contribution is 0.0475. The predicted octanol–water partition coefficient (Wildman–Crippen LogP) is 4.74. The van der Waals surface area contributed by atoms with E-state index in [-0.39, 0.29) is 28.5 Å². The molecule has 1 amide bonds. The van der Waals surface area contributed by atoms with Gasteiger partial charge < -0.3 is 23.9 Å². The molecule has 4 aromatic rings. The van der Waals surface area contributed by atoms with Gasteiger partial charge in [0.15, 0.2) is 29.6 Å². The van der Waals surface area contributed by atoms with Crippen LogP contribution in [0.25, 0.3) is 10.8 Å². The lowest BCUT2D eigenvalue weighted by atomic mass is 10.0. The van der Waals surface area contributed by atoms with Crippen molar-refractivity contribution < 1.29 is 33.0 Å². The molecule has 34 heavy (non-hydrogen) atoms. The molecule has 0 aliphatic heterocycles. The third-order valence-electron chi connectivity index (χ3n) is 5.14. The van der Waals surface area contributed by atoms with E-state index in [9.17, 15) is 14.4 Å². The van der Waals surface area contributed by atoms with E-state index in [2.05, 4.69) is 5.32 Å². The highest BCUT2D eigenvalue weighted by Gasteiger charge is 2.22. The van der Waals surface area contributed by atoms with E-state index in [1.807, 2.05) is 30.3 Å². The van der Waals surface area contributed by atoms with E-state index >= 15 is 0 Å². The van der Waals surface area contributed by atoms with Crippen LogP contribution in [0.1, 0.15) is 31.3 Å². The van der Waals surface area contributed by atoms with Crippen molar-refractivity contribution in [2.75, 3.05) is 26.1 Å². The van der Waals surface area contributed by atoms with Gasteiger partial charge >= 0.3 is 5.97 Å². The minimum absolute atomic E-state index is 0.0103. The van der Waals surface area contributed by atoms with Crippen LogP contribution in [-0.4, -0.2) is 38.5 Å². The first-order valence-corrected chi connectivity index (χ1v) is 10.3. The number of methoxy groups -OCH3 is 2. The van der Waals surface area contributed by atoms with Gasteiger partial charge in [-0.2, -0.15) is 0 Å². The Bertz CT molecular complexity index is 1360. The third-order valence-corrected chi connectivity index (χ3v) is 5.14. The number of carbonyl (C=O) groups is 3. The number of hydrogen-bond donors (Lipinski definition) is 1. The summed E-state index contributed by atoms with van der Waals surface area (Å²) in [6.45, 7) is -0.475. The van der Waals surface area contributed by atoms with Crippen LogP contribution in [0.2, 0.25) is 0 Å². The van der Waals surface area contributed by atoms with Crippen LogP contribution in [0.15, 0.2) is 77.4 Å². The second-order valence-electron chi connectivity index (χ2n) is 7.25. The fourth-order valence-electron chi connectivity index (χ4n) is 3.40. The number of fused-ring (bicyclic) bond motifs is 1. The highest BCUT2D eigenvalue weighted by Crippen LogP contribution is 2.34. The molecule has 0 fully saturated rings. The molecule has 1 aromatic heterocycles. The van der Waals surface area contributed by atoms with Crippen LogP contribution in [0.4, 0.5) is 5.69 Å². The zero-order valence-electron chi connectivity index (χ0n) is 18.5. The number of rotatable bonds is 8. The number of carbonyl (C=O) groups excluding carboxylic acids is 3. The summed E-state index contributed by atoms with van der Waals surface area (Å²) < 4.78 is 20.9. The Kier molecular flexibility index (Phi) is 6.59. The van der Waals surface area contributed by atoms with E-state index in [4.69, 9.17) is 18.6 Å². The van der Waals surface area contributed by atoms with Crippen molar-refractivity contribution in [1.29, 1.82) is 0 Å². The Morgan fingerprint density at radius 2 is 1.59 bits per heavy atom. The Labute approximate surface area is 195 Å². The molecule has 8 heteroatoms. The first-order chi connectivity index (χ1) is 16.5. The molecule has 1 N–H and O–H groups in total. The monoisotopic (exact) mass is 459 g/mol. The number of esters is 1. The van der Waals surface area contributed by atoms with Gasteiger partial charge in [0.2, 0.25) is 0 Å². The van der Waals surface area contributed by atoms with Gasteiger partial charge in [0.05, 0.1) is 31.7 Å². The topological polar surface area (TPSA) is 104 Å². The van der Waals surface area contributed by atoms with Gasteiger partial charge in [-0.3, -0.25) is 9.59 Å². The molecule has 8 nitrogen and oxygen atoms in total. The van der Waals surface area contributed by atoms with Crippen LogP contribution >= 0.6 is 0 Å². The average Bonchev–Trinajstić information content (AvgIpc) is 3.41. The van der Waals surface area contributed by atoms with Gasteiger partial charge in [0.25, 0.3) is 5.91 Å². The molecule has 3 aromatic carbocycles. The standard InChI is InChI=1S/C26H21NO7/c1-31-23-13-19(20(14-24(23)32-2)27-25(29)22-8-5-11-33-22)26(30)34-15-21(28)18-10-9-16-6-3-4-7-17(16)12-18/h3-14H,15H2,1-2H3,(H,27,29). The molecule has 0 saturated heterocycles. The van der Waals surface area contributed by atoms with Gasteiger partial charge in [0, 0.05) is 17.7 Å². The van der Waals surface area contributed by atoms with E-state index in [1.165, 1.54) is 38.7 Å². The molecule has 0 radical (unpaired) electrons. The quantitative estimate of drug-likeness (QED) is 0.300. The molecule has 0 saturated carbocycles. The summed E-state index contributed by atoms with van der Waals surface area (Å²) in [5.41, 5.74) is 0.524. The number of hydrogen-bond acceptors (Lipinski definition) is 7. The normalized spacial score (nSPS) is 10.5. The Balaban J connectivity index is 1.55. The summed E-state index contributed by atoms with van der Waals surface area (Å²) in [6.07, 6.45) is 1.36. The van der Waals surface area contributed by atoms with Crippen molar-refractivity contribution in [3.63, 3.8) is 0 Å². The summed E-state index contributed by atoms with van der Waals surface area (Å²) >= 11 is 0. The van der Waals surface area contributed by atoms with Crippen LogP contribution in [-0.2, 0) is 4.74 Å². The van der Waals surface area contributed by atoms with Gasteiger partial charge in [0.1, 0.15) is 0 Å². The number of benzene rings is 3. The average molecular weight is 459 g/mol. The maximum absolute atomic E-state index is 12.9. The molecule has 0 atom stereocenters. The Morgan fingerprint density at radius 3 is 2.29 bits per heavy atom. The summed E-state index contributed by atoms with van der Waals surface area (Å²) in [6, 6.07) is 18.8. The predicted molar refractivity (Wildman–Crippen MR) is 125 cm³/mol. The van der Waals surface area contributed by atoms with E-state index in [0.717, 1.165) is 10.8 Å². The van der Waals surface area contributed by atoms with Crippen molar-refractivity contribution in [2.24, 2.45) is 0 Å². The number of furan rings is 1. The van der Waals surface area contributed by atoms with Crippen LogP contribution in [0.5, 0.6) is 11.5 Å². The van der Waals surface area contributed by atoms with Gasteiger partial charge in [-0.25, -0.2) is 4.79 Å². The molecule has 4 rings (SSSR count). The van der Waals surface area contributed by atoms with Crippen molar-refractivity contribution in [2.45, 2.75) is 0 Å². The minimum Gasteiger partial charge on any atom is -0.493 e. The number of ether oxygens (including phenoxy) is 3. The highest BCUT2D eigenvalue weighted by molar-refractivity contribution is 6.08. The molecule has 0 aliphatic rings. The maximum Gasteiger partial charge on any atom is 0.340 e. The highest BCUT2D eigenvalue weighted by atomic mass is 16.5. The third kappa shape index (κ3) is 4.75. The molecule has 0 bridgehead atoms. The first kappa shape index (κ1) is 22.6. The lowest BCUT2D eigenvalue weighted by Crippen LogP contribution is -2.18. The Hall–Kier alpha value is -4.59. The van der Waals surface area contributed by atoms with Gasteiger partial charge in [-0.1, -0.05) is 36.4 Å². The summed E-state index contributed by atoms with van der Waals surface area (Å²) in [7, 11) is 2.84. The number of ketones is 1. The van der Waals surface area contributed by atoms with Gasteiger partial charge in [-0.15, -0.1) is 0 Å². The fraction of sp³-hybridized carbons (Fsp3) is 0.115. The van der Waals surface area contributed by atoms with Crippen molar-refractivity contribution in [3.8, 4) is 11.5 Å². The molecule has 172 valence electrons. The fourth-order valence-corrected chi connectivity index (χ4v) is 3.40. The molecule has 0 unspecified atom stereocenters. The van der Waals surface area contributed by atoms with E-state index in [1.54, 1.807) is 18.2 Å². The molecule has 0 aliphatic carbocycles. The maximum atomic E-state index is 12.9. The van der Waals surface area contributed by atoms with Crippen LogP contribution in [0, 0.1) is 0 Å². The summed E-state index contributed by atoms with van der Waals surface area (Å²) in [4.78, 5) is 38.0. The number of amides is 1. The number of anilines is 1. The van der Waals surface area contributed by atoms with Gasteiger partial charge in [-0.05, 0) is 29.0 Å². The van der Waals surface area contributed by atoms with Crippen molar-refractivity contribution >= 4 is 34.1 Å². The smallest absolute Gasteiger partial charge is 0.340 e. The Morgan fingerprint density at radius 1 is 0.853 bits per heavy atom. The van der Waals surface area contributed by atoms with Crippen molar-refractivity contribution in [3.05, 3.63) is 89.9 Å². The zero-order valence-corrected chi connectivity index (χ0v) is 18.5. The molecular weight excluding hydrogens is 438 g/mol. The molecule has 1 heterocycles. The molecular formula is C26H21NO7. The second-order valence-corrected chi connectivity index (χ2v) is 7.25. The van der Waals surface area contributed by atoms with Crippen LogP contribution in [0.3, 0.4) is 0 Å². The minimum atomic E-state index is -0.815. The number of Topliss-reactive ketones (excluding diaryl/α,β-unsaturated/α-hetero) is 1. The largest absolute Gasteiger partial charge is 0.493 e. The van der Waals surface area contributed by atoms with Crippen LogP contribution < -0.4 is 14.8 Å². The summed E-state index contributed by atoms with van der Waals surface area (Å²) in [5, 5.41) is 4.51. The van der Waals surface area contributed by atoms with E-state index in [0.29, 0.717) is 11.3 Å². The SMILES string of the molecule is COc1cc(NC(=O)c2ccco2)c(C(=O)OCC(=O)c2ccc3ccccc3c2)cc1OC. The zero-order chi connectivity index (χ0) is 24.1. The number of nitrogens with one attached hydrogen (secondary N) is 1. The second kappa shape index (κ2) is 9.91. The molecule has 0 spiro atoms. The van der Waals surface area contributed by atoms with Crippen molar-refractivity contribution in [1.82, 2.24) is 0 Å². The van der Waals surface area contributed by atoms with E-state index < -0.39 is 18.5 Å². The lowest BCUT2D eigenvalue weighted by Gasteiger charge is -2.15. The first-order valence-electron chi connectivity index (χ1n) is 10.3.